The molecule has 0 aromatic heterocycles. The van der Waals surface area contributed by atoms with Crippen molar-refractivity contribution in [1.29, 1.82) is 0 Å². The number of amides is 1. The second-order valence-electron chi connectivity index (χ2n) is 5.04. The Morgan fingerprint density at radius 1 is 1.50 bits per heavy atom. The first kappa shape index (κ1) is 11.9. The molecule has 0 aromatic rings. The fourth-order valence-corrected chi connectivity index (χ4v) is 2.42. The van der Waals surface area contributed by atoms with E-state index in [1.165, 1.54) is 0 Å². The minimum absolute atomic E-state index is 0.00224. The Kier molecular flexibility index (Phi) is 3.82. The van der Waals surface area contributed by atoms with Crippen LogP contribution >= 0.6 is 0 Å². The van der Waals surface area contributed by atoms with Gasteiger partial charge in [-0.15, -0.1) is 0 Å². The van der Waals surface area contributed by atoms with Gasteiger partial charge in [0, 0.05) is 19.7 Å². The molecular weight excluding hydrogens is 204 g/mol. The quantitative estimate of drug-likeness (QED) is 0.767. The second kappa shape index (κ2) is 5.15. The van der Waals surface area contributed by atoms with Crippen LogP contribution in [0.3, 0.4) is 0 Å². The van der Waals surface area contributed by atoms with Gasteiger partial charge in [0.15, 0.2) is 0 Å². The van der Waals surface area contributed by atoms with Crippen molar-refractivity contribution < 1.29 is 9.53 Å². The molecule has 92 valence electrons. The van der Waals surface area contributed by atoms with Crippen LogP contribution in [0.15, 0.2) is 0 Å². The second-order valence-corrected chi connectivity index (χ2v) is 5.04. The van der Waals surface area contributed by atoms with Crippen LogP contribution in [0.4, 0.5) is 0 Å². The Hall–Kier alpha value is -0.610. The van der Waals surface area contributed by atoms with Gasteiger partial charge in [0.25, 0.3) is 0 Å². The molecule has 0 spiro atoms. The molecule has 2 rings (SSSR count). The normalized spacial score (nSPS) is 35.8. The lowest BCUT2D eigenvalue weighted by atomic mass is 10.0. The van der Waals surface area contributed by atoms with E-state index >= 15 is 0 Å². The summed E-state index contributed by atoms with van der Waals surface area (Å²) in [5.41, 5.74) is 0. The lowest BCUT2D eigenvalue weighted by Crippen LogP contribution is -2.48. The van der Waals surface area contributed by atoms with Gasteiger partial charge in [-0.3, -0.25) is 4.79 Å². The standard InChI is InChI=1S/C12H22N2O2/c1-9-3-5-14(8-10-4-6-16-10)12(15)11(7-9)13-2/h9-11,13H,3-8H2,1-2H3. The largest absolute Gasteiger partial charge is 0.376 e. The number of rotatable bonds is 3. The number of nitrogens with zero attached hydrogens (tertiary/aromatic N) is 1. The van der Waals surface area contributed by atoms with Gasteiger partial charge < -0.3 is 15.0 Å². The zero-order valence-corrected chi connectivity index (χ0v) is 10.2. The number of carbonyl (C=O) groups excluding carboxylic acids is 1. The first-order chi connectivity index (χ1) is 7.70. The molecule has 2 heterocycles. The number of likely N-dealkylation sites (tertiary alicyclic amines) is 1. The summed E-state index contributed by atoms with van der Waals surface area (Å²) < 4.78 is 5.40. The molecule has 16 heavy (non-hydrogen) atoms. The summed E-state index contributed by atoms with van der Waals surface area (Å²) in [7, 11) is 1.87. The lowest BCUT2D eigenvalue weighted by molar-refractivity contribution is -0.138. The average Bonchev–Trinajstić information content (AvgIpc) is 2.34. The highest BCUT2D eigenvalue weighted by Crippen LogP contribution is 2.20. The predicted octanol–water partition coefficient (Wildman–Crippen LogP) is 0.622. The molecule has 3 unspecified atom stereocenters. The van der Waals surface area contributed by atoms with Gasteiger partial charge >= 0.3 is 0 Å². The smallest absolute Gasteiger partial charge is 0.239 e. The summed E-state index contributed by atoms with van der Waals surface area (Å²) in [5, 5.41) is 3.13. The third-order valence-corrected chi connectivity index (χ3v) is 3.71. The van der Waals surface area contributed by atoms with Crippen molar-refractivity contribution in [2.24, 2.45) is 5.92 Å². The molecule has 2 aliphatic rings. The van der Waals surface area contributed by atoms with E-state index < -0.39 is 0 Å². The van der Waals surface area contributed by atoms with Crippen LogP contribution in [0.25, 0.3) is 0 Å². The molecule has 0 radical (unpaired) electrons. The molecule has 2 aliphatic heterocycles. The highest BCUT2D eigenvalue weighted by atomic mass is 16.5. The number of ether oxygens (including phenoxy) is 1. The van der Waals surface area contributed by atoms with Gasteiger partial charge in [0.05, 0.1) is 12.1 Å². The Morgan fingerprint density at radius 2 is 2.25 bits per heavy atom. The highest BCUT2D eigenvalue weighted by Gasteiger charge is 2.31. The molecule has 2 saturated heterocycles. The number of carbonyl (C=O) groups is 1. The summed E-state index contributed by atoms with van der Waals surface area (Å²) in [6.07, 6.45) is 3.45. The summed E-state index contributed by atoms with van der Waals surface area (Å²) in [5.74, 6) is 0.871. The molecule has 3 atom stereocenters. The zero-order chi connectivity index (χ0) is 11.5. The van der Waals surface area contributed by atoms with Crippen LogP contribution in [0.2, 0.25) is 0 Å². The van der Waals surface area contributed by atoms with Crippen LogP contribution in [-0.2, 0) is 9.53 Å². The van der Waals surface area contributed by atoms with Crippen molar-refractivity contribution in [3.63, 3.8) is 0 Å². The number of nitrogens with one attached hydrogen (secondary N) is 1. The van der Waals surface area contributed by atoms with Crippen molar-refractivity contribution in [2.45, 2.75) is 38.3 Å². The SMILES string of the molecule is CNC1CC(C)CCN(CC2CCO2)C1=O. The van der Waals surface area contributed by atoms with E-state index in [1.807, 2.05) is 11.9 Å². The summed E-state index contributed by atoms with van der Waals surface area (Å²) in [6, 6.07) is -0.00224. The fourth-order valence-electron chi connectivity index (χ4n) is 2.42. The van der Waals surface area contributed by atoms with Crippen LogP contribution in [-0.4, -0.2) is 49.7 Å². The third kappa shape index (κ3) is 2.55. The molecule has 0 aliphatic carbocycles. The highest BCUT2D eigenvalue weighted by molar-refractivity contribution is 5.82. The van der Waals surface area contributed by atoms with Crippen LogP contribution < -0.4 is 5.32 Å². The molecule has 4 heteroatoms. The van der Waals surface area contributed by atoms with Crippen molar-refractivity contribution in [2.75, 3.05) is 26.7 Å². The van der Waals surface area contributed by atoms with Gasteiger partial charge in [-0.05, 0) is 32.2 Å². The minimum Gasteiger partial charge on any atom is -0.376 e. The van der Waals surface area contributed by atoms with Crippen LogP contribution in [0, 0.1) is 5.92 Å². The van der Waals surface area contributed by atoms with Gasteiger partial charge in [0.1, 0.15) is 0 Å². The van der Waals surface area contributed by atoms with Crippen molar-refractivity contribution in [3.05, 3.63) is 0 Å². The molecule has 2 fully saturated rings. The zero-order valence-electron chi connectivity index (χ0n) is 10.2. The van der Waals surface area contributed by atoms with E-state index in [1.54, 1.807) is 0 Å². The first-order valence-electron chi connectivity index (χ1n) is 6.28. The maximum Gasteiger partial charge on any atom is 0.239 e. The van der Waals surface area contributed by atoms with Crippen molar-refractivity contribution in [1.82, 2.24) is 10.2 Å². The number of likely N-dealkylation sites (N-methyl/N-ethyl adjacent to an activating group) is 1. The first-order valence-corrected chi connectivity index (χ1v) is 6.28. The molecule has 4 nitrogen and oxygen atoms in total. The monoisotopic (exact) mass is 226 g/mol. The summed E-state index contributed by atoms with van der Waals surface area (Å²) in [4.78, 5) is 14.2. The fraction of sp³-hybridized carbons (Fsp3) is 0.917. The number of hydrogen-bond acceptors (Lipinski definition) is 3. The van der Waals surface area contributed by atoms with E-state index in [-0.39, 0.29) is 18.1 Å². The predicted molar refractivity (Wildman–Crippen MR) is 62.2 cm³/mol. The maximum absolute atomic E-state index is 12.2. The molecular formula is C12H22N2O2. The molecule has 1 N–H and O–H groups in total. The van der Waals surface area contributed by atoms with E-state index in [2.05, 4.69) is 12.2 Å². The molecule has 0 saturated carbocycles. The van der Waals surface area contributed by atoms with E-state index in [0.29, 0.717) is 5.92 Å². The van der Waals surface area contributed by atoms with Gasteiger partial charge in [-0.1, -0.05) is 6.92 Å². The van der Waals surface area contributed by atoms with Gasteiger partial charge in [0.2, 0.25) is 5.91 Å². The molecule has 0 bridgehead atoms. The Bertz CT molecular complexity index is 253. The van der Waals surface area contributed by atoms with E-state index in [0.717, 1.165) is 39.0 Å². The minimum atomic E-state index is -0.00224. The van der Waals surface area contributed by atoms with Gasteiger partial charge in [-0.2, -0.15) is 0 Å². The van der Waals surface area contributed by atoms with Gasteiger partial charge in [-0.25, -0.2) is 0 Å². The van der Waals surface area contributed by atoms with Crippen LogP contribution in [0.1, 0.15) is 26.2 Å². The topological polar surface area (TPSA) is 41.6 Å². The van der Waals surface area contributed by atoms with E-state index in [4.69, 9.17) is 4.74 Å². The Morgan fingerprint density at radius 3 is 2.81 bits per heavy atom. The summed E-state index contributed by atoms with van der Waals surface area (Å²) in [6.45, 7) is 4.75. The van der Waals surface area contributed by atoms with E-state index in [9.17, 15) is 4.79 Å². The Balaban J connectivity index is 1.96. The third-order valence-electron chi connectivity index (χ3n) is 3.71. The molecule has 1 amide bonds. The van der Waals surface area contributed by atoms with Crippen LogP contribution in [0.5, 0.6) is 0 Å². The average molecular weight is 226 g/mol. The molecule has 0 aromatic carbocycles. The maximum atomic E-state index is 12.2. The van der Waals surface area contributed by atoms with Crippen molar-refractivity contribution >= 4 is 5.91 Å². The lowest BCUT2D eigenvalue weighted by Gasteiger charge is -2.33. The van der Waals surface area contributed by atoms with Crippen molar-refractivity contribution in [3.8, 4) is 0 Å². The number of hydrogen-bond donors (Lipinski definition) is 1. The summed E-state index contributed by atoms with van der Waals surface area (Å²) >= 11 is 0. The Labute approximate surface area is 97.3 Å².